The van der Waals surface area contributed by atoms with Crippen molar-refractivity contribution in [2.75, 3.05) is 19.5 Å². The molecule has 0 spiro atoms. The van der Waals surface area contributed by atoms with E-state index in [1.807, 2.05) is 24.3 Å². The van der Waals surface area contributed by atoms with E-state index in [0.29, 0.717) is 18.8 Å². The Hall–Kier alpha value is -0.220. The predicted octanol–water partition coefficient (Wildman–Crippen LogP) is 2.83. The summed E-state index contributed by atoms with van der Waals surface area (Å²) < 4.78 is 4.89. The molecule has 1 unspecified atom stereocenters. The summed E-state index contributed by atoms with van der Waals surface area (Å²) in [7, 11) is 1.64. The van der Waals surface area contributed by atoms with Crippen LogP contribution in [0.3, 0.4) is 0 Å². The largest absolute Gasteiger partial charge is 0.392 e. The van der Waals surface area contributed by atoms with Crippen LogP contribution in [0.5, 0.6) is 0 Å². The summed E-state index contributed by atoms with van der Waals surface area (Å²) in [6.07, 6.45) is 0.346. The minimum Gasteiger partial charge on any atom is -0.392 e. The number of hydrogen-bond donors (Lipinski definition) is 1. The molecule has 1 atom stereocenters. The SMILES string of the molecule is COCCC(O)CSc1cccc(Cl)c1. The molecule has 0 aromatic heterocycles. The fourth-order valence-corrected chi connectivity index (χ4v) is 2.28. The Morgan fingerprint density at radius 1 is 1.53 bits per heavy atom. The van der Waals surface area contributed by atoms with Crippen LogP contribution < -0.4 is 0 Å². The second kappa shape index (κ2) is 7.12. The first-order valence-corrected chi connectivity index (χ1v) is 6.14. The zero-order chi connectivity index (χ0) is 11.1. The number of thioether (sulfide) groups is 1. The fraction of sp³-hybridized carbons (Fsp3) is 0.455. The highest BCUT2D eigenvalue weighted by Gasteiger charge is 2.04. The molecule has 1 rings (SSSR count). The third-order valence-corrected chi connectivity index (χ3v) is 3.27. The van der Waals surface area contributed by atoms with Crippen LogP contribution in [0.25, 0.3) is 0 Å². The van der Waals surface area contributed by atoms with Gasteiger partial charge in [0.05, 0.1) is 6.10 Å². The summed E-state index contributed by atoms with van der Waals surface area (Å²) in [5, 5.41) is 10.3. The van der Waals surface area contributed by atoms with Gasteiger partial charge in [0.2, 0.25) is 0 Å². The van der Waals surface area contributed by atoms with E-state index < -0.39 is 0 Å². The molecule has 0 aliphatic rings. The molecular weight excluding hydrogens is 232 g/mol. The van der Waals surface area contributed by atoms with Gasteiger partial charge in [-0.15, -0.1) is 11.8 Å². The van der Waals surface area contributed by atoms with Crippen LogP contribution in [-0.4, -0.2) is 30.7 Å². The first-order chi connectivity index (χ1) is 7.22. The third-order valence-electron chi connectivity index (χ3n) is 1.89. The zero-order valence-corrected chi connectivity index (χ0v) is 10.2. The monoisotopic (exact) mass is 246 g/mol. The molecule has 0 saturated heterocycles. The average molecular weight is 247 g/mol. The molecule has 0 bridgehead atoms. The first-order valence-electron chi connectivity index (χ1n) is 4.77. The van der Waals surface area contributed by atoms with Crippen molar-refractivity contribution in [3.63, 3.8) is 0 Å². The number of halogens is 1. The molecule has 1 N–H and O–H groups in total. The second-order valence-corrected chi connectivity index (χ2v) is 4.73. The quantitative estimate of drug-likeness (QED) is 0.783. The van der Waals surface area contributed by atoms with Gasteiger partial charge < -0.3 is 9.84 Å². The Bertz CT molecular complexity index is 294. The highest BCUT2D eigenvalue weighted by molar-refractivity contribution is 7.99. The van der Waals surface area contributed by atoms with E-state index in [0.717, 1.165) is 9.92 Å². The van der Waals surface area contributed by atoms with Gasteiger partial charge in [0.15, 0.2) is 0 Å². The Labute approximate surface area is 99.6 Å². The van der Waals surface area contributed by atoms with Crippen LogP contribution in [0, 0.1) is 0 Å². The summed E-state index contributed by atoms with van der Waals surface area (Å²) in [6.45, 7) is 0.595. The Morgan fingerprint density at radius 3 is 3.00 bits per heavy atom. The van der Waals surface area contributed by atoms with E-state index in [4.69, 9.17) is 16.3 Å². The van der Waals surface area contributed by atoms with Gasteiger partial charge in [0.1, 0.15) is 0 Å². The minimum atomic E-state index is -0.325. The van der Waals surface area contributed by atoms with Crippen molar-refractivity contribution < 1.29 is 9.84 Å². The van der Waals surface area contributed by atoms with Gasteiger partial charge in [-0.1, -0.05) is 17.7 Å². The van der Waals surface area contributed by atoms with Crippen molar-refractivity contribution in [2.24, 2.45) is 0 Å². The minimum absolute atomic E-state index is 0.325. The van der Waals surface area contributed by atoms with Crippen molar-refractivity contribution in [1.29, 1.82) is 0 Å². The molecule has 84 valence electrons. The molecular formula is C11H15ClO2S. The van der Waals surface area contributed by atoms with Crippen molar-refractivity contribution in [1.82, 2.24) is 0 Å². The fourth-order valence-electron chi connectivity index (χ4n) is 1.09. The van der Waals surface area contributed by atoms with Crippen molar-refractivity contribution >= 4 is 23.4 Å². The Kier molecular flexibility index (Phi) is 6.10. The number of benzene rings is 1. The Morgan fingerprint density at radius 2 is 2.33 bits per heavy atom. The number of hydrogen-bond acceptors (Lipinski definition) is 3. The van der Waals surface area contributed by atoms with Gasteiger partial charge in [0.25, 0.3) is 0 Å². The first kappa shape index (κ1) is 12.8. The van der Waals surface area contributed by atoms with Crippen LogP contribution in [0.1, 0.15) is 6.42 Å². The van der Waals surface area contributed by atoms with Crippen molar-refractivity contribution in [3.8, 4) is 0 Å². The molecule has 0 saturated carbocycles. The molecule has 0 aliphatic heterocycles. The summed E-state index contributed by atoms with van der Waals surface area (Å²) >= 11 is 7.45. The molecule has 1 aromatic rings. The maximum absolute atomic E-state index is 9.58. The summed E-state index contributed by atoms with van der Waals surface area (Å²) in [4.78, 5) is 1.08. The van der Waals surface area contributed by atoms with Gasteiger partial charge in [-0.25, -0.2) is 0 Å². The van der Waals surface area contributed by atoms with E-state index in [2.05, 4.69) is 0 Å². The van der Waals surface area contributed by atoms with E-state index in [1.165, 1.54) is 0 Å². The lowest BCUT2D eigenvalue weighted by Crippen LogP contribution is -2.12. The molecule has 0 aliphatic carbocycles. The number of aliphatic hydroxyl groups is 1. The van der Waals surface area contributed by atoms with Crippen LogP contribution in [0.15, 0.2) is 29.2 Å². The maximum Gasteiger partial charge on any atom is 0.0656 e. The lowest BCUT2D eigenvalue weighted by Gasteiger charge is -2.09. The molecule has 0 amide bonds. The predicted molar refractivity (Wildman–Crippen MR) is 64.7 cm³/mol. The average Bonchev–Trinajstić information content (AvgIpc) is 2.23. The molecule has 4 heteroatoms. The highest BCUT2D eigenvalue weighted by atomic mass is 35.5. The van der Waals surface area contributed by atoms with E-state index in [-0.39, 0.29) is 6.10 Å². The van der Waals surface area contributed by atoms with E-state index >= 15 is 0 Å². The maximum atomic E-state index is 9.58. The van der Waals surface area contributed by atoms with Crippen LogP contribution in [-0.2, 0) is 4.74 Å². The van der Waals surface area contributed by atoms with E-state index in [9.17, 15) is 5.11 Å². The van der Waals surface area contributed by atoms with Gasteiger partial charge >= 0.3 is 0 Å². The number of rotatable bonds is 6. The standard InChI is InChI=1S/C11H15ClO2S/c1-14-6-5-10(13)8-15-11-4-2-3-9(12)7-11/h2-4,7,10,13H,5-6,8H2,1H3. The molecule has 1 aromatic carbocycles. The van der Waals surface area contributed by atoms with Gasteiger partial charge in [-0.3, -0.25) is 0 Å². The summed E-state index contributed by atoms with van der Waals surface area (Å²) in [6, 6.07) is 7.63. The van der Waals surface area contributed by atoms with Crippen LogP contribution >= 0.6 is 23.4 Å². The van der Waals surface area contributed by atoms with Gasteiger partial charge in [-0.05, 0) is 24.6 Å². The van der Waals surface area contributed by atoms with Crippen molar-refractivity contribution in [3.05, 3.63) is 29.3 Å². The molecule has 15 heavy (non-hydrogen) atoms. The number of ether oxygens (including phenoxy) is 1. The normalized spacial score (nSPS) is 12.7. The highest BCUT2D eigenvalue weighted by Crippen LogP contribution is 2.22. The van der Waals surface area contributed by atoms with E-state index in [1.54, 1.807) is 18.9 Å². The lowest BCUT2D eigenvalue weighted by molar-refractivity contribution is 0.124. The molecule has 0 radical (unpaired) electrons. The number of methoxy groups -OCH3 is 1. The smallest absolute Gasteiger partial charge is 0.0656 e. The molecule has 0 fully saturated rings. The number of aliphatic hydroxyl groups excluding tert-OH is 1. The Balaban J connectivity index is 2.30. The van der Waals surface area contributed by atoms with Gasteiger partial charge in [-0.2, -0.15) is 0 Å². The summed E-state index contributed by atoms with van der Waals surface area (Å²) in [5.74, 6) is 0.670. The summed E-state index contributed by atoms with van der Waals surface area (Å²) in [5.41, 5.74) is 0. The lowest BCUT2D eigenvalue weighted by atomic mass is 10.3. The van der Waals surface area contributed by atoms with Crippen LogP contribution in [0.4, 0.5) is 0 Å². The third kappa shape index (κ3) is 5.42. The molecule has 0 heterocycles. The topological polar surface area (TPSA) is 29.5 Å². The van der Waals surface area contributed by atoms with Crippen LogP contribution in [0.2, 0.25) is 5.02 Å². The molecule has 2 nitrogen and oxygen atoms in total. The second-order valence-electron chi connectivity index (χ2n) is 3.20. The van der Waals surface area contributed by atoms with Crippen molar-refractivity contribution in [2.45, 2.75) is 17.4 Å². The van der Waals surface area contributed by atoms with Gasteiger partial charge in [0, 0.05) is 29.4 Å². The zero-order valence-electron chi connectivity index (χ0n) is 8.65.